The molecule has 0 aliphatic heterocycles. The van der Waals surface area contributed by atoms with Crippen molar-refractivity contribution in [1.29, 1.82) is 0 Å². The summed E-state index contributed by atoms with van der Waals surface area (Å²) in [6.45, 7) is 6.21. The molecule has 0 saturated heterocycles. The van der Waals surface area contributed by atoms with E-state index in [9.17, 15) is 0 Å². The third-order valence-electron chi connectivity index (χ3n) is 3.24. The molecule has 0 aliphatic carbocycles. The molecule has 0 unspecified atom stereocenters. The van der Waals surface area contributed by atoms with Gasteiger partial charge in [-0.15, -0.1) is 11.3 Å². The van der Waals surface area contributed by atoms with Crippen molar-refractivity contribution in [2.45, 2.75) is 26.8 Å². The second-order valence-electron chi connectivity index (χ2n) is 5.56. The van der Waals surface area contributed by atoms with E-state index in [1.807, 2.05) is 16.8 Å². The maximum atomic E-state index is 5.32. The Balaban J connectivity index is 2.09. The number of furan rings is 1. The normalized spacial score (nSPS) is 12.6. The number of rotatable bonds is 4. The molecule has 3 aromatic rings. The molecule has 0 N–H and O–H groups in total. The summed E-state index contributed by atoms with van der Waals surface area (Å²) in [5.41, 5.74) is 3.38. The molecule has 0 bridgehead atoms. The van der Waals surface area contributed by atoms with Gasteiger partial charge in [-0.25, -0.2) is 4.68 Å². The molecule has 0 radical (unpaired) electrons. The Kier molecular flexibility index (Phi) is 4.57. The maximum absolute atomic E-state index is 5.32. The molecule has 0 atom stereocenters. The van der Waals surface area contributed by atoms with Gasteiger partial charge in [0, 0.05) is 17.0 Å². The number of nitrogens with zero attached hydrogens (tertiary/aromatic N) is 3. The zero-order valence-electron chi connectivity index (χ0n) is 13.4. The van der Waals surface area contributed by atoms with Crippen LogP contribution in [-0.2, 0) is 0 Å². The number of hydrogen-bond acceptors (Lipinski definition) is 4. The van der Waals surface area contributed by atoms with Gasteiger partial charge in [0.2, 0.25) is 4.80 Å². The third-order valence-corrected chi connectivity index (χ3v) is 4.08. The summed E-state index contributed by atoms with van der Waals surface area (Å²) in [7, 11) is 0. The van der Waals surface area contributed by atoms with Gasteiger partial charge < -0.3 is 4.42 Å². The molecule has 0 spiro atoms. The second-order valence-corrected chi connectivity index (χ2v) is 6.40. The predicted molar refractivity (Wildman–Crippen MR) is 94.9 cm³/mol. The monoisotopic (exact) mass is 325 g/mol. The predicted octanol–water partition coefficient (Wildman–Crippen LogP) is 4.31. The Morgan fingerprint density at radius 1 is 1.17 bits per heavy atom. The number of benzene rings is 1. The first-order valence-corrected chi connectivity index (χ1v) is 8.41. The van der Waals surface area contributed by atoms with Gasteiger partial charge >= 0.3 is 0 Å². The van der Waals surface area contributed by atoms with Crippen molar-refractivity contribution < 1.29 is 4.42 Å². The third kappa shape index (κ3) is 3.68. The average Bonchev–Trinajstić information content (AvgIpc) is 3.15. The molecule has 118 valence electrons. The average molecular weight is 325 g/mol. The summed E-state index contributed by atoms with van der Waals surface area (Å²) in [4.78, 5) is 5.53. The fourth-order valence-electron chi connectivity index (χ4n) is 2.12. The topological polar surface area (TPSA) is 42.8 Å². The van der Waals surface area contributed by atoms with E-state index in [1.165, 1.54) is 5.56 Å². The Hall–Kier alpha value is -2.40. The first-order chi connectivity index (χ1) is 11.1. The maximum Gasteiger partial charge on any atom is 0.206 e. The van der Waals surface area contributed by atoms with Crippen LogP contribution in [0.2, 0.25) is 0 Å². The minimum absolute atomic E-state index is 0.213. The summed E-state index contributed by atoms with van der Waals surface area (Å²) in [5, 5.41) is 6.66. The van der Waals surface area contributed by atoms with E-state index in [1.54, 1.807) is 23.8 Å². The highest BCUT2D eigenvalue weighted by Crippen LogP contribution is 2.20. The highest BCUT2D eigenvalue weighted by atomic mass is 32.1. The van der Waals surface area contributed by atoms with Crippen LogP contribution in [0.25, 0.3) is 11.3 Å². The van der Waals surface area contributed by atoms with Gasteiger partial charge in [-0.3, -0.25) is 4.99 Å². The van der Waals surface area contributed by atoms with Gasteiger partial charge in [0.1, 0.15) is 5.76 Å². The zero-order chi connectivity index (χ0) is 16.2. The Morgan fingerprint density at radius 2 is 1.96 bits per heavy atom. The van der Waals surface area contributed by atoms with Crippen LogP contribution < -0.4 is 4.80 Å². The molecule has 3 rings (SSSR count). The van der Waals surface area contributed by atoms with Gasteiger partial charge in [-0.1, -0.05) is 29.8 Å². The van der Waals surface area contributed by atoms with E-state index in [0.717, 1.165) is 16.1 Å². The summed E-state index contributed by atoms with van der Waals surface area (Å²) in [6, 6.07) is 12.4. The molecule has 1 aromatic carbocycles. The quantitative estimate of drug-likeness (QED) is 0.659. The highest BCUT2D eigenvalue weighted by Gasteiger charge is 2.07. The van der Waals surface area contributed by atoms with E-state index >= 15 is 0 Å². The van der Waals surface area contributed by atoms with Crippen LogP contribution in [0.5, 0.6) is 0 Å². The van der Waals surface area contributed by atoms with Crippen LogP contribution in [-0.4, -0.2) is 16.9 Å². The second kappa shape index (κ2) is 6.79. The number of hydrogen-bond donors (Lipinski definition) is 0. The Bertz CT molecular complexity index is 853. The van der Waals surface area contributed by atoms with Crippen molar-refractivity contribution >= 4 is 17.6 Å². The molecule has 23 heavy (non-hydrogen) atoms. The van der Waals surface area contributed by atoms with Gasteiger partial charge in [0.05, 0.1) is 18.2 Å². The first kappa shape index (κ1) is 15.5. The van der Waals surface area contributed by atoms with E-state index in [0.29, 0.717) is 5.76 Å². The van der Waals surface area contributed by atoms with E-state index in [4.69, 9.17) is 4.42 Å². The van der Waals surface area contributed by atoms with Crippen LogP contribution in [0.15, 0.2) is 62.6 Å². The van der Waals surface area contributed by atoms with Crippen LogP contribution in [0, 0.1) is 6.92 Å². The fraction of sp³-hybridized carbons (Fsp3) is 0.222. The van der Waals surface area contributed by atoms with E-state index in [-0.39, 0.29) is 6.04 Å². The van der Waals surface area contributed by atoms with E-state index in [2.05, 4.69) is 60.5 Å². The number of aromatic nitrogens is 1. The van der Waals surface area contributed by atoms with Crippen LogP contribution >= 0.6 is 11.3 Å². The SMILES string of the molecule is Cc1ccc(-c2csc(=NC(C)C)n2N=Cc2ccco2)cc1. The van der Waals surface area contributed by atoms with Gasteiger partial charge in [0.15, 0.2) is 0 Å². The molecular formula is C18H19N3OS. The summed E-state index contributed by atoms with van der Waals surface area (Å²) in [6.07, 6.45) is 3.35. The molecule has 5 heteroatoms. The minimum Gasteiger partial charge on any atom is -0.463 e. The number of thiazole rings is 1. The smallest absolute Gasteiger partial charge is 0.206 e. The lowest BCUT2D eigenvalue weighted by Crippen LogP contribution is -2.14. The van der Waals surface area contributed by atoms with Gasteiger partial charge in [0.25, 0.3) is 0 Å². The van der Waals surface area contributed by atoms with Crippen molar-refractivity contribution in [1.82, 2.24) is 4.68 Å². The summed E-state index contributed by atoms with van der Waals surface area (Å²) < 4.78 is 7.20. The van der Waals surface area contributed by atoms with Crippen molar-refractivity contribution in [3.05, 3.63) is 64.2 Å². The standard InChI is InChI=1S/C18H19N3OS/c1-13(2)20-18-21(19-11-16-5-4-10-22-16)17(12-23-18)15-8-6-14(3)7-9-15/h4-13H,1-3H3. The molecule has 0 amide bonds. The fourth-order valence-corrected chi connectivity index (χ4v) is 3.09. The lowest BCUT2D eigenvalue weighted by Gasteiger charge is -2.04. The summed E-state index contributed by atoms with van der Waals surface area (Å²) >= 11 is 1.59. The van der Waals surface area contributed by atoms with Crippen molar-refractivity contribution in [2.24, 2.45) is 10.1 Å². The summed E-state index contributed by atoms with van der Waals surface area (Å²) in [5.74, 6) is 0.717. The lowest BCUT2D eigenvalue weighted by atomic mass is 10.1. The molecule has 2 heterocycles. The van der Waals surface area contributed by atoms with Gasteiger partial charge in [-0.2, -0.15) is 5.10 Å². The Morgan fingerprint density at radius 3 is 2.61 bits per heavy atom. The zero-order valence-corrected chi connectivity index (χ0v) is 14.2. The molecule has 4 nitrogen and oxygen atoms in total. The van der Waals surface area contributed by atoms with Gasteiger partial charge in [-0.05, 0) is 32.9 Å². The van der Waals surface area contributed by atoms with Crippen LogP contribution in [0.4, 0.5) is 0 Å². The van der Waals surface area contributed by atoms with Crippen molar-refractivity contribution in [3.8, 4) is 11.3 Å². The van der Waals surface area contributed by atoms with Crippen molar-refractivity contribution in [2.75, 3.05) is 0 Å². The van der Waals surface area contributed by atoms with Crippen molar-refractivity contribution in [3.63, 3.8) is 0 Å². The highest BCUT2D eigenvalue weighted by molar-refractivity contribution is 7.07. The first-order valence-electron chi connectivity index (χ1n) is 7.53. The van der Waals surface area contributed by atoms with E-state index < -0.39 is 0 Å². The number of aryl methyl sites for hydroxylation is 1. The molecule has 0 fully saturated rings. The molecule has 2 aromatic heterocycles. The molecular weight excluding hydrogens is 306 g/mol. The molecule has 0 saturated carbocycles. The Labute approximate surface area is 139 Å². The minimum atomic E-state index is 0.213. The van der Waals surface area contributed by atoms with Crippen LogP contribution in [0.3, 0.4) is 0 Å². The largest absolute Gasteiger partial charge is 0.463 e. The molecule has 0 aliphatic rings. The lowest BCUT2D eigenvalue weighted by molar-refractivity contribution is 0.559. The van der Waals surface area contributed by atoms with Crippen LogP contribution in [0.1, 0.15) is 25.2 Å².